The van der Waals surface area contributed by atoms with Gasteiger partial charge in [-0.15, -0.1) is 15.3 Å². The summed E-state index contributed by atoms with van der Waals surface area (Å²) in [7, 11) is 0. The van der Waals surface area contributed by atoms with Crippen LogP contribution in [0.4, 0.5) is 26.3 Å². The highest BCUT2D eigenvalue weighted by Crippen LogP contribution is 2.32. The van der Waals surface area contributed by atoms with Crippen LogP contribution in [0.2, 0.25) is 5.02 Å². The molecule has 0 aliphatic rings. The number of aromatic nitrogens is 6. The van der Waals surface area contributed by atoms with E-state index in [2.05, 4.69) is 20.3 Å². The lowest BCUT2D eigenvalue weighted by molar-refractivity contribution is -0.207. The molecule has 2 aromatic heterocycles. The molecule has 2 aromatic carbocycles. The summed E-state index contributed by atoms with van der Waals surface area (Å²) in [6.07, 6.45) is -12.6. The van der Waals surface area contributed by atoms with Crippen LogP contribution < -0.4 is 5.69 Å². The molecule has 1 atom stereocenters. The number of hydrogen-bond donors (Lipinski definition) is 2. The quantitative estimate of drug-likeness (QED) is 0.340. The van der Waals surface area contributed by atoms with E-state index in [-0.39, 0.29) is 41.6 Å². The van der Waals surface area contributed by atoms with Gasteiger partial charge in [-0.1, -0.05) is 29.8 Å². The lowest BCUT2D eigenvalue weighted by Gasteiger charge is -2.15. The van der Waals surface area contributed by atoms with Gasteiger partial charge >= 0.3 is 18.0 Å². The molecule has 1 unspecified atom stereocenters. The molecule has 0 saturated carbocycles. The summed E-state index contributed by atoms with van der Waals surface area (Å²) in [5, 5.41) is 21.6. The Morgan fingerprint density at radius 3 is 2.27 bits per heavy atom. The summed E-state index contributed by atoms with van der Waals surface area (Å²) in [4.78, 5) is 15.6. The van der Waals surface area contributed by atoms with Crippen LogP contribution in [0.5, 0.6) is 0 Å². The van der Waals surface area contributed by atoms with E-state index in [9.17, 15) is 36.2 Å². The van der Waals surface area contributed by atoms with Gasteiger partial charge in [-0.3, -0.25) is 4.57 Å². The standard InChI is InChI=1S/C22H17ClF6N6O2/c23-14-7-5-12(6-8-14)19-33-35(20(37)34(19)10-16(36)22(27,28)29)11-18-30-17(31-32-18)9-13-3-1-2-4-15(13)21(24,25)26/h1-8,16,36H,9-11H2,(H,30,31,32). The number of nitrogens with zero attached hydrogens (tertiary/aromatic N) is 5. The highest BCUT2D eigenvalue weighted by atomic mass is 35.5. The minimum atomic E-state index is -4.98. The van der Waals surface area contributed by atoms with E-state index in [1.165, 1.54) is 42.5 Å². The predicted octanol–water partition coefficient (Wildman–Crippen LogP) is 4.06. The number of H-pyrrole nitrogens is 1. The van der Waals surface area contributed by atoms with E-state index in [4.69, 9.17) is 11.6 Å². The minimum Gasteiger partial charge on any atom is -0.382 e. The van der Waals surface area contributed by atoms with E-state index < -0.39 is 36.3 Å². The Hall–Kier alpha value is -3.65. The Kier molecular flexibility index (Phi) is 7.15. The van der Waals surface area contributed by atoms with Gasteiger partial charge in [0.2, 0.25) is 0 Å². The summed E-state index contributed by atoms with van der Waals surface area (Å²) in [6, 6.07) is 10.7. The summed E-state index contributed by atoms with van der Waals surface area (Å²) < 4.78 is 80.2. The van der Waals surface area contributed by atoms with E-state index in [0.717, 1.165) is 10.7 Å². The molecule has 0 amide bonds. The normalized spacial score (nSPS) is 13.2. The number of alkyl halides is 6. The summed E-state index contributed by atoms with van der Waals surface area (Å²) >= 11 is 5.86. The van der Waals surface area contributed by atoms with Crippen LogP contribution in [0.25, 0.3) is 11.4 Å². The Balaban J connectivity index is 1.63. The van der Waals surface area contributed by atoms with Gasteiger partial charge in [-0.2, -0.15) is 26.3 Å². The molecule has 0 spiro atoms. The van der Waals surface area contributed by atoms with Crippen molar-refractivity contribution in [2.24, 2.45) is 0 Å². The van der Waals surface area contributed by atoms with Gasteiger partial charge in [0.1, 0.15) is 12.4 Å². The zero-order chi connectivity index (χ0) is 27.0. The first kappa shape index (κ1) is 26.4. The fourth-order valence-corrected chi connectivity index (χ4v) is 3.68. The first-order chi connectivity index (χ1) is 17.3. The molecule has 0 aliphatic carbocycles. The highest BCUT2D eigenvalue weighted by Gasteiger charge is 2.39. The molecule has 37 heavy (non-hydrogen) atoms. The van der Waals surface area contributed by atoms with E-state index in [1.54, 1.807) is 0 Å². The molecule has 4 aromatic rings. The molecule has 0 bridgehead atoms. The van der Waals surface area contributed by atoms with Gasteiger partial charge in [-0.05, 0) is 35.9 Å². The molecule has 0 saturated heterocycles. The summed E-state index contributed by atoms with van der Waals surface area (Å²) in [6.45, 7) is -1.49. The first-order valence-corrected chi connectivity index (χ1v) is 10.9. The third-order valence-electron chi connectivity index (χ3n) is 5.32. The lowest BCUT2D eigenvalue weighted by Crippen LogP contribution is -2.37. The average molecular weight is 547 g/mol. The topological polar surface area (TPSA) is 102 Å². The number of aliphatic hydroxyl groups excluding tert-OH is 1. The summed E-state index contributed by atoms with van der Waals surface area (Å²) in [5.74, 6) is -0.0568. The number of hydrogen-bond acceptors (Lipinski definition) is 5. The number of nitrogens with one attached hydrogen (secondary N) is 1. The van der Waals surface area contributed by atoms with Crippen LogP contribution >= 0.6 is 11.6 Å². The van der Waals surface area contributed by atoms with Crippen LogP contribution in [0.15, 0.2) is 53.3 Å². The van der Waals surface area contributed by atoms with Gasteiger partial charge in [-0.25, -0.2) is 9.48 Å². The van der Waals surface area contributed by atoms with E-state index >= 15 is 0 Å². The third-order valence-corrected chi connectivity index (χ3v) is 5.57. The van der Waals surface area contributed by atoms with Crippen LogP contribution in [0.1, 0.15) is 22.8 Å². The van der Waals surface area contributed by atoms with Crippen LogP contribution in [-0.4, -0.2) is 46.9 Å². The Labute approximate surface area is 209 Å². The molecule has 0 fully saturated rings. The molecule has 2 N–H and O–H groups in total. The van der Waals surface area contributed by atoms with Gasteiger partial charge in [0.25, 0.3) is 0 Å². The molecule has 0 aliphatic heterocycles. The summed E-state index contributed by atoms with van der Waals surface area (Å²) in [5.41, 5.74) is -1.60. The monoisotopic (exact) mass is 546 g/mol. The van der Waals surface area contributed by atoms with Crippen molar-refractivity contribution in [2.45, 2.75) is 38.0 Å². The zero-order valence-corrected chi connectivity index (χ0v) is 19.3. The van der Waals surface area contributed by atoms with Gasteiger partial charge in [0.05, 0.1) is 12.1 Å². The maximum Gasteiger partial charge on any atom is 0.416 e. The first-order valence-electron chi connectivity index (χ1n) is 10.6. The second-order valence-electron chi connectivity index (χ2n) is 7.99. The number of halogens is 7. The van der Waals surface area contributed by atoms with Crippen LogP contribution in [0, 0.1) is 0 Å². The van der Waals surface area contributed by atoms with Gasteiger partial charge in [0, 0.05) is 17.0 Å². The lowest BCUT2D eigenvalue weighted by atomic mass is 10.0. The zero-order valence-electron chi connectivity index (χ0n) is 18.6. The molecular formula is C22H17ClF6N6O2. The maximum atomic E-state index is 13.3. The molecular weight excluding hydrogens is 530 g/mol. The Morgan fingerprint density at radius 1 is 0.973 bits per heavy atom. The highest BCUT2D eigenvalue weighted by molar-refractivity contribution is 6.30. The average Bonchev–Trinajstić information content (AvgIpc) is 3.38. The van der Waals surface area contributed by atoms with E-state index in [1.807, 2.05) is 0 Å². The molecule has 196 valence electrons. The number of aliphatic hydroxyl groups is 1. The maximum absolute atomic E-state index is 13.3. The van der Waals surface area contributed by atoms with Crippen molar-refractivity contribution in [3.05, 3.63) is 86.8 Å². The largest absolute Gasteiger partial charge is 0.416 e. The smallest absolute Gasteiger partial charge is 0.382 e. The third kappa shape index (κ3) is 6.02. The fourth-order valence-electron chi connectivity index (χ4n) is 3.56. The second-order valence-corrected chi connectivity index (χ2v) is 8.43. The number of aromatic amines is 1. The van der Waals surface area contributed by atoms with Gasteiger partial charge in [0.15, 0.2) is 17.8 Å². The fraction of sp³-hybridized carbons (Fsp3) is 0.273. The molecule has 4 rings (SSSR count). The molecule has 8 nitrogen and oxygen atoms in total. The van der Waals surface area contributed by atoms with Crippen molar-refractivity contribution >= 4 is 11.6 Å². The Bertz CT molecular complexity index is 1440. The predicted molar refractivity (Wildman–Crippen MR) is 119 cm³/mol. The second kappa shape index (κ2) is 10.0. The van der Waals surface area contributed by atoms with Crippen LogP contribution in [0.3, 0.4) is 0 Å². The van der Waals surface area contributed by atoms with Gasteiger partial charge < -0.3 is 10.1 Å². The van der Waals surface area contributed by atoms with Crippen molar-refractivity contribution in [1.29, 1.82) is 0 Å². The minimum absolute atomic E-state index is 0.0327. The molecule has 15 heteroatoms. The number of benzene rings is 2. The number of rotatable bonds is 7. The van der Waals surface area contributed by atoms with Crippen molar-refractivity contribution in [2.75, 3.05) is 0 Å². The van der Waals surface area contributed by atoms with Crippen molar-refractivity contribution in [3.8, 4) is 11.4 Å². The van der Waals surface area contributed by atoms with Crippen molar-refractivity contribution in [3.63, 3.8) is 0 Å². The van der Waals surface area contributed by atoms with Crippen molar-refractivity contribution in [1.82, 2.24) is 29.5 Å². The van der Waals surface area contributed by atoms with Crippen molar-refractivity contribution < 1.29 is 31.4 Å². The Morgan fingerprint density at radius 2 is 1.62 bits per heavy atom. The van der Waals surface area contributed by atoms with Crippen LogP contribution in [-0.2, 0) is 25.7 Å². The molecule has 0 radical (unpaired) electrons. The SMILES string of the molecule is O=c1n(Cc2nnc(Cc3ccccc3C(F)(F)F)[nH]2)nc(-c2ccc(Cl)cc2)n1CC(O)C(F)(F)F. The van der Waals surface area contributed by atoms with E-state index in [0.29, 0.717) is 9.59 Å². The molecule has 2 heterocycles.